The highest BCUT2D eigenvalue weighted by Crippen LogP contribution is 2.34. The number of thiazole rings is 1. The third-order valence-electron chi connectivity index (χ3n) is 8.05. The lowest BCUT2D eigenvalue weighted by Gasteiger charge is -2.33. The van der Waals surface area contributed by atoms with Crippen molar-refractivity contribution in [3.8, 4) is 33.3 Å². The number of hydrogen-bond donors (Lipinski definition) is 1. The number of nitrogens with zero attached hydrogens (tertiary/aromatic N) is 3. The zero-order valence-electron chi connectivity index (χ0n) is 25.1. The summed E-state index contributed by atoms with van der Waals surface area (Å²) in [5.74, 6) is 0.275. The summed E-state index contributed by atoms with van der Waals surface area (Å²) in [6.45, 7) is 7.19. The predicted octanol–water partition coefficient (Wildman–Crippen LogP) is 7.62. The minimum Gasteiger partial charge on any atom is -0.492 e. The molecule has 2 aliphatic heterocycles. The van der Waals surface area contributed by atoms with Gasteiger partial charge in [0.15, 0.2) is 0 Å². The summed E-state index contributed by atoms with van der Waals surface area (Å²) in [4.78, 5) is 35.6. The molecule has 2 atom stereocenters. The Labute approximate surface area is 269 Å². The summed E-state index contributed by atoms with van der Waals surface area (Å²) in [5.41, 5.74) is 3.06. The number of hydrogen-bond acceptors (Lipinski definition) is 6. The quantitative estimate of drug-likeness (QED) is 0.212. The maximum Gasteiger partial charge on any atom is 0.266 e. The number of alkyl halides is 2. The minimum absolute atomic E-state index is 0.0805. The molecule has 0 saturated carbocycles. The molecule has 0 aliphatic carbocycles. The van der Waals surface area contributed by atoms with Gasteiger partial charge in [0.25, 0.3) is 17.9 Å². The number of allylic oxidation sites excluding steroid dienone is 1. The van der Waals surface area contributed by atoms with E-state index in [0.717, 1.165) is 18.4 Å². The van der Waals surface area contributed by atoms with Gasteiger partial charge in [0.1, 0.15) is 10.8 Å². The fourth-order valence-electron chi connectivity index (χ4n) is 6.02. The second-order valence-electron chi connectivity index (χ2n) is 11.6. The average Bonchev–Trinajstić information content (AvgIpc) is 3.64. The Morgan fingerprint density at radius 3 is 2.49 bits per heavy atom. The van der Waals surface area contributed by atoms with Gasteiger partial charge < -0.3 is 15.0 Å². The number of piperazine rings is 1. The zero-order chi connectivity index (χ0) is 31.8. The van der Waals surface area contributed by atoms with Crippen LogP contribution in [0.2, 0.25) is 5.02 Å². The number of fused-ring (bicyclic) bond motifs is 2. The van der Waals surface area contributed by atoms with Crippen molar-refractivity contribution >= 4 is 34.9 Å². The number of halogens is 3. The van der Waals surface area contributed by atoms with Crippen LogP contribution in [-0.4, -0.2) is 52.1 Å². The van der Waals surface area contributed by atoms with Crippen molar-refractivity contribution < 1.29 is 18.3 Å². The van der Waals surface area contributed by atoms with Crippen LogP contribution in [0.15, 0.2) is 64.3 Å². The molecule has 0 unspecified atom stereocenters. The van der Waals surface area contributed by atoms with Crippen LogP contribution < -0.4 is 15.6 Å². The van der Waals surface area contributed by atoms with E-state index >= 15 is 0 Å². The molecule has 1 N–H and O–H groups in total. The zero-order valence-corrected chi connectivity index (χ0v) is 26.7. The topological polar surface area (TPSA) is 76.5 Å². The van der Waals surface area contributed by atoms with E-state index in [4.69, 9.17) is 21.3 Å². The third-order valence-corrected chi connectivity index (χ3v) is 9.16. The van der Waals surface area contributed by atoms with E-state index in [1.807, 2.05) is 31.7 Å². The van der Waals surface area contributed by atoms with Gasteiger partial charge in [-0.05, 0) is 64.0 Å². The van der Waals surface area contributed by atoms with Gasteiger partial charge in [-0.25, -0.2) is 13.8 Å². The average molecular weight is 651 g/mol. The predicted molar refractivity (Wildman–Crippen MR) is 175 cm³/mol. The van der Waals surface area contributed by atoms with Gasteiger partial charge in [0.2, 0.25) is 0 Å². The Balaban J connectivity index is 1.57. The SMILES string of the molecule is CCOc1ccc(Cl)cc1-n1c(C=C(C)C)c(C(=O)N2C[C@H]3CC[C@@H](C2)N3)cc(-c2nc(-c3ccc(C(F)F)cc3)cs2)c1=O. The van der Waals surface area contributed by atoms with Crippen LogP contribution in [-0.2, 0) is 0 Å². The molecule has 11 heteroatoms. The smallest absolute Gasteiger partial charge is 0.266 e. The highest BCUT2D eigenvalue weighted by atomic mass is 35.5. The normalized spacial score (nSPS) is 17.5. The number of rotatable bonds is 8. The minimum atomic E-state index is -2.57. The van der Waals surface area contributed by atoms with E-state index in [0.29, 0.717) is 63.7 Å². The van der Waals surface area contributed by atoms with E-state index in [-0.39, 0.29) is 29.1 Å². The van der Waals surface area contributed by atoms with Crippen molar-refractivity contribution in [1.29, 1.82) is 0 Å². The maximum atomic E-state index is 14.6. The first kappa shape index (κ1) is 31.1. The summed E-state index contributed by atoms with van der Waals surface area (Å²) in [5, 5.41) is 6.16. The summed E-state index contributed by atoms with van der Waals surface area (Å²) in [6, 6.07) is 13.1. The fourth-order valence-corrected chi connectivity index (χ4v) is 7.02. The van der Waals surface area contributed by atoms with Gasteiger partial charge in [-0.2, -0.15) is 0 Å². The second-order valence-corrected chi connectivity index (χ2v) is 12.9. The van der Waals surface area contributed by atoms with Gasteiger partial charge in [-0.1, -0.05) is 41.4 Å². The lowest BCUT2D eigenvalue weighted by molar-refractivity contribution is 0.0696. The molecule has 2 aliphatic rings. The molecule has 7 nitrogen and oxygen atoms in total. The molecule has 2 aromatic carbocycles. The van der Waals surface area contributed by atoms with Gasteiger partial charge in [0, 0.05) is 46.7 Å². The Hall–Kier alpha value is -3.86. The van der Waals surface area contributed by atoms with E-state index < -0.39 is 12.0 Å². The number of carbonyl (C=O) groups excluding carboxylic acids is 1. The number of likely N-dealkylation sites (tertiary alicyclic amines) is 1. The van der Waals surface area contributed by atoms with Gasteiger partial charge in [-0.15, -0.1) is 11.3 Å². The lowest BCUT2D eigenvalue weighted by Crippen LogP contribution is -2.53. The van der Waals surface area contributed by atoms with Gasteiger partial charge >= 0.3 is 0 Å². The van der Waals surface area contributed by atoms with E-state index in [2.05, 4.69) is 5.32 Å². The number of benzene rings is 2. The first-order valence-electron chi connectivity index (χ1n) is 14.9. The Kier molecular flexibility index (Phi) is 8.90. The van der Waals surface area contributed by atoms with Crippen LogP contribution in [0.25, 0.3) is 33.6 Å². The third kappa shape index (κ3) is 6.32. The standard InChI is InChI=1S/C34H33ClF2N4O3S/c1-4-44-30-12-9-22(35)14-29(30)41-28(13-19(2)3)25(33(42)40-16-23-10-11-24(17-40)38-23)15-26(34(41)43)32-39-27(18-45-32)20-5-7-21(8-6-20)31(36)37/h5-9,12-15,18,23-24,31,38H,4,10-11,16-17H2,1-3H3/t23-,24+. The van der Waals surface area contributed by atoms with Crippen molar-refractivity contribution in [3.63, 3.8) is 0 Å². The monoisotopic (exact) mass is 650 g/mol. The lowest BCUT2D eigenvalue weighted by atomic mass is 10.0. The van der Waals surface area contributed by atoms with E-state index in [1.165, 1.54) is 28.0 Å². The van der Waals surface area contributed by atoms with Crippen molar-refractivity contribution in [1.82, 2.24) is 19.8 Å². The van der Waals surface area contributed by atoms with Gasteiger partial charge in [0.05, 0.1) is 34.8 Å². The number of pyridine rings is 1. The number of amides is 1. The molecule has 2 fully saturated rings. The first-order valence-corrected chi connectivity index (χ1v) is 16.2. The molecule has 6 rings (SSSR count). The molecule has 2 aromatic heterocycles. The van der Waals surface area contributed by atoms with Crippen LogP contribution in [0, 0.1) is 0 Å². The number of ether oxygens (including phenoxy) is 1. The molecular weight excluding hydrogens is 618 g/mol. The molecule has 234 valence electrons. The Morgan fingerprint density at radius 2 is 1.84 bits per heavy atom. The highest BCUT2D eigenvalue weighted by Gasteiger charge is 2.36. The maximum absolute atomic E-state index is 14.6. The molecular formula is C34H33ClF2N4O3S. The largest absolute Gasteiger partial charge is 0.492 e. The number of carbonyl (C=O) groups is 1. The first-order chi connectivity index (χ1) is 21.6. The van der Waals surface area contributed by atoms with Crippen LogP contribution in [0.1, 0.15) is 61.7 Å². The molecule has 1 amide bonds. The van der Waals surface area contributed by atoms with Crippen molar-refractivity contribution in [2.75, 3.05) is 19.7 Å². The van der Waals surface area contributed by atoms with Crippen LogP contribution in [0.3, 0.4) is 0 Å². The Morgan fingerprint density at radius 1 is 1.13 bits per heavy atom. The van der Waals surface area contributed by atoms with Crippen LogP contribution in [0.4, 0.5) is 8.78 Å². The molecule has 0 spiro atoms. The van der Waals surface area contributed by atoms with E-state index in [1.54, 1.807) is 41.8 Å². The van der Waals surface area contributed by atoms with Crippen LogP contribution >= 0.6 is 22.9 Å². The molecule has 45 heavy (non-hydrogen) atoms. The molecule has 2 saturated heterocycles. The van der Waals surface area contributed by atoms with Crippen molar-refractivity contribution in [2.24, 2.45) is 0 Å². The highest BCUT2D eigenvalue weighted by molar-refractivity contribution is 7.13. The summed E-state index contributed by atoms with van der Waals surface area (Å²) in [7, 11) is 0. The van der Waals surface area contributed by atoms with Gasteiger partial charge in [-0.3, -0.25) is 14.2 Å². The number of aromatic nitrogens is 2. The number of nitrogens with one attached hydrogen (secondary N) is 1. The molecule has 4 heterocycles. The van der Waals surface area contributed by atoms with Crippen molar-refractivity contribution in [3.05, 3.63) is 91.7 Å². The Bertz CT molecular complexity index is 1820. The second kappa shape index (κ2) is 12.9. The summed E-state index contributed by atoms with van der Waals surface area (Å²) >= 11 is 7.72. The molecule has 4 aromatic rings. The van der Waals surface area contributed by atoms with Crippen molar-refractivity contribution in [2.45, 2.75) is 52.1 Å². The van der Waals surface area contributed by atoms with Crippen LogP contribution in [0.5, 0.6) is 5.75 Å². The van der Waals surface area contributed by atoms with E-state index in [9.17, 15) is 18.4 Å². The summed E-state index contributed by atoms with van der Waals surface area (Å²) in [6.07, 6.45) is 1.29. The molecule has 2 bridgehead atoms. The molecule has 0 radical (unpaired) electrons. The fraction of sp³-hybridized carbons (Fsp3) is 0.324. The summed E-state index contributed by atoms with van der Waals surface area (Å²) < 4.78 is 33.7.